The predicted molar refractivity (Wildman–Crippen MR) is 106 cm³/mol. The van der Waals surface area contributed by atoms with E-state index in [-0.39, 0.29) is 27.4 Å². The van der Waals surface area contributed by atoms with Gasteiger partial charge in [0.25, 0.3) is 5.56 Å². The van der Waals surface area contributed by atoms with Gasteiger partial charge in [-0.3, -0.25) is 14.7 Å². The van der Waals surface area contributed by atoms with Crippen LogP contribution in [-0.2, 0) is 21.9 Å². The minimum absolute atomic E-state index is 0.0784. The van der Waals surface area contributed by atoms with Crippen molar-refractivity contribution in [2.45, 2.75) is 11.8 Å². The molecule has 0 atom stereocenters. The summed E-state index contributed by atoms with van der Waals surface area (Å²) < 4.78 is 28.3. The number of H-pyrrole nitrogens is 1. The fraction of sp³-hybridized carbons (Fsp3) is 0.222. The van der Waals surface area contributed by atoms with E-state index >= 15 is 0 Å². The van der Waals surface area contributed by atoms with E-state index in [1.165, 1.54) is 36.0 Å². The van der Waals surface area contributed by atoms with Crippen LogP contribution >= 0.6 is 0 Å². The Bertz CT molecular complexity index is 1320. The number of hydrogen-bond acceptors (Lipinski definition) is 6. The van der Waals surface area contributed by atoms with Crippen LogP contribution in [0.15, 0.2) is 40.2 Å². The van der Waals surface area contributed by atoms with Gasteiger partial charge in [0, 0.05) is 37.4 Å². The number of nitrogens with one attached hydrogen (secondary N) is 2. The number of aryl methyl sites for hydroxylation is 2. The average molecular weight is 414 g/mol. The molecule has 2 N–H and O–H groups in total. The third-order valence-electron chi connectivity index (χ3n) is 4.33. The summed E-state index contributed by atoms with van der Waals surface area (Å²) in [4.78, 5) is 23.9. The molecule has 11 heteroatoms. The van der Waals surface area contributed by atoms with Crippen molar-refractivity contribution in [2.75, 3.05) is 18.9 Å². The maximum Gasteiger partial charge on any atom is 0.252 e. The van der Waals surface area contributed by atoms with Crippen molar-refractivity contribution >= 4 is 32.5 Å². The molecule has 0 unspecified atom stereocenters. The number of nitrogens with zero attached hydrogens (tertiary/aromatic N) is 4. The SMILES string of the molecule is Cc1cc(S(=O)(=O)N(C)CC(=O)Nc2ccn(C)c(=O)c2)c2[nH]nc(C#N)c2c1. The normalized spacial score (nSPS) is 11.6. The molecule has 0 aliphatic carbocycles. The number of carbonyl (C=O) groups is 1. The van der Waals surface area contributed by atoms with Gasteiger partial charge in [-0.1, -0.05) is 0 Å². The first-order valence-electron chi connectivity index (χ1n) is 8.45. The van der Waals surface area contributed by atoms with Gasteiger partial charge in [-0.15, -0.1) is 0 Å². The highest BCUT2D eigenvalue weighted by atomic mass is 32.2. The summed E-state index contributed by atoms with van der Waals surface area (Å²) in [7, 11) is -1.21. The molecule has 0 saturated carbocycles. The molecule has 3 aromatic rings. The minimum atomic E-state index is -4.06. The molecule has 2 heterocycles. The maximum absolute atomic E-state index is 13.0. The number of amides is 1. The number of likely N-dealkylation sites (N-methyl/N-ethyl adjacent to an activating group) is 1. The second-order valence-corrected chi connectivity index (χ2v) is 8.56. The molecule has 3 rings (SSSR count). The lowest BCUT2D eigenvalue weighted by atomic mass is 10.1. The van der Waals surface area contributed by atoms with Gasteiger partial charge in [0.05, 0.1) is 12.1 Å². The Labute approximate surface area is 166 Å². The largest absolute Gasteiger partial charge is 0.325 e. The summed E-state index contributed by atoms with van der Waals surface area (Å²) in [5.41, 5.74) is 0.886. The Morgan fingerprint density at radius 1 is 1.38 bits per heavy atom. The van der Waals surface area contributed by atoms with Crippen molar-refractivity contribution in [1.29, 1.82) is 5.26 Å². The van der Waals surface area contributed by atoms with Crippen molar-refractivity contribution in [1.82, 2.24) is 19.1 Å². The van der Waals surface area contributed by atoms with Crippen LogP contribution in [-0.4, -0.2) is 47.0 Å². The molecule has 2 aromatic heterocycles. The smallest absolute Gasteiger partial charge is 0.252 e. The van der Waals surface area contributed by atoms with Gasteiger partial charge in [0.2, 0.25) is 15.9 Å². The van der Waals surface area contributed by atoms with E-state index < -0.39 is 22.5 Å². The molecule has 1 aromatic carbocycles. The number of benzene rings is 1. The van der Waals surface area contributed by atoms with Gasteiger partial charge in [0.1, 0.15) is 11.0 Å². The number of aromatic nitrogens is 3. The number of hydrogen-bond donors (Lipinski definition) is 2. The van der Waals surface area contributed by atoms with Gasteiger partial charge in [0.15, 0.2) is 5.69 Å². The van der Waals surface area contributed by atoms with Crippen LogP contribution in [0.1, 0.15) is 11.3 Å². The molecule has 0 aliphatic rings. The number of sulfonamides is 1. The summed E-state index contributed by atoms with van der Waals surface area (Å²) in [5.74, 6) is -0.601. The van der Waals surface area contributed by atoms with E-state index in [1.54, 1.807) is 20.0 Å². The fourth-order valence-electron chi connectivity index (χ4n) is 2.80. The third kappa shape index (κ3) is 3.89. The number of rotatable bonds is 5. The summed E-state index contributed by atoms with van der Waals surface area (Å²) in [6.45, 7) is 1.24. The third-order valence-corrected chi connectivity index (χ3v) is 6.16. The summed E-state index contributed by atoms with van der Waals surface area (Å²) in [6, 6.07) is 7.80. The van der Waals surface area contributed by atoms with Crippen LogP contribution in [0.2, 0.25) is 0 Å². The number of fused-ring (bicyclic) bond motifs is 1. The number of pyridine rings is 1. The topological polar surface area (TPSA) is 141 Å². The fourth-order valence-corrected chi connectivity index (χ4v) is 4.17. The quantitative estimate of drug-likeness (QED) is 0.630. The van der Waals surface area contributed by atoms with Crippen molar-refractivity contribution in [3.8, 4) is 6.07 Å². The summed E-state index contributed by atoms with van der Waals surface area (Å²) >= 11 is 0. The second kappa shape index (κ2) is 7.50. The van der Waals surface area contributed by atoms with Crippen LogP contribution < -0.4 is 10.9 Å². The highest BCUT2D eigenvalue weighted by Crippen LogP contribution is 2.27. The molecule has 29 heavy (non-hydrogen) atoms. The van der Waals surface area contributed by atoms with E-state index in [9.17, 15) is 18.0 Å². The van der Waals surface area contributed by atoms with Crippen molar-refractivity contribution < 1.29 is 13.2 Å². The Hall–Kier alpha value is -3.49. The van der Waals surface area contributed by atoms with Crippen LogP contribution in [0.4, 0.5) is 5.69 Å². The number of anilines is 1. The predicted octanol–water partition coefficient (Wildman–Crippen LogP) is 0.701. The monoisotopic (exact) mass is 414 g/mol. The lowest BCUT2D eigenvalue weighted by Crippen LogP contribution is -2.35. The van der Waals surface area contributed by atoms with Crippen LogP contribution in [0.25, 0.3) is 10.9 Å². The highest BCUT2D eigenvalue weighted by Gasteiger charge is 2.27. The summed E-state index contributed by atoms with van der Waals surface area (Å²) in [5, 5.41) is 18.5. The number of aromatic amines is 1. The van der Waals surface area contributed by atoms with Crippen molar-refractivity contribution in [3.05, 3.63) is 52.1 Å². The number of nitriles is 1. The molecule has 0 radical (unpaired) electrons. The van der Waals surface area contributed by atoms with Gasteiger partial charge in [-0.05, 0) is 30.7 Å². The van der Waals surface area contributed by atoms with E-state index in [4.69, 9.17) is 5.26 Å². The highest BCUT2D eigenvalue weighted by molar-refractivity contribution is 7.89. The zero-order valence-corrected chi connectivity index (χ0v) is 16.7. The van der Waals surface area contributed by atoms with Crippen molar-refractivity contribution in [2.24, 2.45) is 7.05 Å². The molecule has 150 valence electrons. The van der Waals surface area contributed by atoms with Gasteiger partial charge in [-0.25, -0.2) is 8.42 Å². The minimum Gasteiger partial charge on any atom is -0.325 e. The van der Waals surface area contributed by atoms with Crippen LogP contribution in [0, 0.1) is 18.3 Å². The molecule has 0 spiro atoms. The molecular formula is C18H18N6O4S. The van der Waals surface area contributed by atoms with Gasteiger partial charge in [-0.2, -0.15) is 14.7 Å². The van der Waals surface area contributed by atoms with Gasteiger partial charge < -0.3 is 9.88 Å². The zero-order valence-electron chi connectivity index (χ0n) is 15.9. The Balaban J connectivity index is 1.88. The molecule has 0 bridgehead atoms. The van der Waals surface area contributed by atoms with E-state index in [0.29, 0.717) is 10.9 Å². The second-order valence-electron chi connectivity index (χ2n) is 6.54. The van der Waals surface area contributed by atoms with E-state index in [2.05, 4.69) is 15.5 Å². The first kappa shape index (κ1) is 20.2. The summed E-state index contributed by atoms with van der Waals surface area (Å²) in [6.07, 6.45) is 1.49. The maximum atomic E-state index is 13.0. The van der Waals surface area contributed by atoms with Crippen LogP contribution in [0.3, 0.4) is 0 Å². The average Bonchev–Trinajstić information content (AvgIpc) is 3.06. The molecule has 1 amide bonds. The number of carbonyl (C=O) groups excluding carboxylic acids is 1. The molecule has 0 aliphatic heterocycles. The van der Waals surface area contributed by atoms with E-state index in [1.807, 2.05) is 6.07 Å². The van der Waals surface area contributed by atoms with Gasteiger partial charge >= 0.3 is 0 Å². The first-order valence-corrected chi connectivity index (χ1v) is 9.89. The lowest BCUT2D eigenvalue weighted by molar-refractivity contribution is -0.116. The molecular weight excluding hydrogens is 396 g/mol. The molecule has 10 nitrogen and oxygen atoms in total. The van der Waals surface area contributed by atoms with E-state index in [0.717, 1.165) is 4.31 Å². The Kier molecular flexibility index (Phi) is 5.23. The Morgan fingerprint density at radius 2 is 2.10 bits per heavy atom. The first-order chi connectivity index (χ1) is 13.6. The zero-order chi connectivity index (χ0) is 21.3. The lowest BCUT2D eigenvalue weighted by Gasteiger charge is -2.17. The van der Waals surface area contributed by atoms with Crippen molar-refractivity contribution in [3.63, 3.8) is 0 Å². The standard InChI is InChI=1S/C18H18N6O4S/c1-11-6-13-14(9-19)21-22-18(13)15(7-11)29(27,28)24(3)10-16(25)20-12-4-5-23(2)17(26)8-12/h4-8H,10H2,1-3H3,(H,20,25)(H,21,22). The molecule has 0 fully saturated rings. The molecule has 0 saturated heterocycles. The Morgan fingerprint density at radius 3 is 2.76 bits per heavy atom. The van der Waals surface area contributed by atoms with Crippen LogP contribution in [0.5, 0.6) is 0 Å².